The monoisotopic (exact) mass is 498 g/mol. The number of nitrogens with two attached hydrogens (primary N) is 1. The molecule has 0 aliphatic carbocycles. The molecular weight excluding hydrogens is 478 g/mol. The van der Waals surface area contributed by atoms with E-state index in [1.165, 1.54) is 18.2 Å². The molecule has 25 heavy (non-hydrogen) atoms. The molecule has 0 aliphatic rings. The van der Waals surface area contributed by atoms with E-state index < -0.39 is 10.0 Å². The summed E-state index contributed by atoms with van der Waals surface area (Å²) in [7, 11) is -2.01. The Morgan fingerprint density at radius 1 is 1.20 bits per heavy atom. The molecule has 2 aromatic rings. The maximum atomic E-state index is 12.8. The highest BCUT2D eigenvalue weighted by Crippen LogP contribution is 2.19. The van der Waals surface area contributed by atoms with Gasteiger partial charge >= 0.3 is 0 Å². The normalized spacial score (nSPS) is 11.7. The van der Waals surface area contributed by atoms with Crippen LogP contribution < -0.4 is 15.8 Å². The number of halogens is 2. The van der Waals surface area contributed by atoms with Crippen LogP contribution in [0.15, 0.2) is 45.6 Å². The maximum absolute atomic E-state index is 12.8. The van der Waals surface area contributed by atoms with Gasteiger partial charge in [0.2, 0.25) is 10.0 Å². The molecule has 0 bridgehead atoms. The van der Waals surface area contributed by atoms with Crippen molar-refractivity contribution in [3.05, 3.63) is 52.7 Å². The summed E-state index contributed by atoms with van der Waals surface area (Å²) in [6.45, 7) is 1.08. The van der Waals surface area contributed by atoms with Crippen LogP contribution in [0.2, 0.25) is 0 Å². The number of benzene rings is 1. The lowest BCUT2D eigenvalue weighted by molar-refractivity contribution is 0.600. The van der Waals surface area contributed by atoms with Crippen LogP contribution in [-0.4, -0.2) is 28.0 Å². The van der Waals surface area contributed by atoms with Crippen molar-refractivity contribution in [1.29, 1.82) is 0 Å². The van der Waals surface area contributed by atoms with Crippen LogP contribution in [0.5, 0.6) is 0 Å². The number of primary sulfonamides is 1. The number of nitrogens with one attached hydrogen (secondary N) is 2. The first kappa shape index (κ1) is 21.8. The summed E-state index contributed by atoms with van der Waals surface area (Å²) >= 11 is 1.12. The largest absolute Gasteiger partial charge is 0.356 e. The van der Waals surface area contributed by atoms with Crippen molar-refractivity contribution in [2.24, 2.45) is 10.1 Å². The van der Waals surface area contributed by atoms with E-state index in [1.54, 1.807) is 25.2 Å². The molecule has 0 aliphatic heterocycles. The molecule has 138 valence electrons. The van der Waals surface area contributed by atoms with Gasteiger partial charge < -0.3 is 10.6 Å². The summed E-state index contributed by atoms with van der Waals surface area (Å²) in [5.41, 5.74) is 1.02. The average Bonchev–Trinajstić information content (AvgIpc) is 3.01. The van der Waals surface area contributed by atoms with Crippen LogP contribution in [0.4, 0.5) is 4.39 Å². The zero-order valence-corrected chi connectivity index (χ0v) is 17.5. The van der Waals surface area contributed by atoms with Crippen LogP contribution >= 0.6 is 35.3 Å². The van der Waals surface area contributed by atoms with Gasteiger partial charge in [-0.2, -0.15) is 0 Å². The highest BCUT2D eigenvalue weighted by Gasteiger charge is 2.11. The first-order valence-electron chi connectivity index (χ1n) is 7.19. The number of aliphatic imine (C=N–C) groups is 1. The maximum Gasteiger partial charge on any atom is 0.247 e. The van der Waals surface area contributed by atoms with Gasteiger partial charge in [-0.05, 0) is 36.2 Å². The Labute approximate surface area is 167 Å². The van der Waals surface area contributed by atoms with Crippen LogP contribution in [0.25, 0.3) is 0 Å². The third-order valence-electron chi connectivity index (χ3n) is 3.19. The third kappa shape index (κ3) is 7.26. The summed E-state index contributed by atoms with van der Waals surface area (Å²) < 4.78 is 35.5. The zero-order valence-electron chi connectivity index (χ0n) is 13.5. The highest BCUT2D eigenvalue weighted by molar-refractivity contribution is 14.0. The molecule has 1 aromatic carbocycles. The molecule has 0 unspecified atom stereocenters. The summed E-state index contributed by atoms with van der Waals surface area (Å²) in [6.07, 6.45) is 0.732. The molecule has 0 amide bonds. The second-order valence-corrected chi connectivity index (χ2v) is 7.95. The second-order valence-electron chi connectivity index (χ2n) is 4.99. The van der Waals surface area contributed by atoms with Gasteiger partial charge in [0.15, 0.2) is 5.96 Å². The van der Waals surface area contributed by atoms with E-state index in [1.807, 2.05) is 0 Å². The molecule has 0 spiro atoms. The lowest BCUT2D eigenvalue weighted by atomic mass is 10.1. The smallest absolute Gasteiger partial charge is 0.247 e. The molecule has 0 fully saturated rings. The summed E-state index contributed by atoms with van der Waals surface area (Å²) in [4.78, 5) is 4.93. The molecule has 1 heterocycles. The minimum atomic E-state index is -3.66. The zero-order chi connectivity index (χ0) is 17.6. The van der Waals surface area contributed by atoms with Crippen molar-refractivity contribution >= 4 is 51.3 Å². The Bertz CT molecular complexity index is 807. The van der Waals surface area contributed by atoms with Gasteiger partial charge in [0.1, 0.15) is 10.0 Å². The predicted molar refractivity (Wildman–Crippen MR) is 109 cm³/mol. The standard InChI is InChI=1S/C15H19FN4O2S2.HI/c1-18-15(19-9-8-11-2-4-12(16)5-3-11)20-10-13-6-7-14(23-13)24(17,21)22;/h2-7H,8-10H2,1H3,(H2,17,21,22)(H2,18,19,20);1H. The van der Waals surface area contributed by atoms with Gasteiger partial charge in [-0.15, -0.1) is 35.3 Å². The van der Waals surface area contributed by atoms with E-state index in [4.69, 9.17) is 5.14 Å². The Morgan fingerprint density at radius 3 is 2.44 bits per heavy atom. The van der Waals surface area contributed by atoms with Gasteiger partial charge in [-0.25, -0.2) is 17.9 Å². The van der Waals surface area contributed by atoms with Crippen molar-refractivity contribution in [2.45, 2.75) is 17.2 Å². The molecule has 0 atom stereocenters. The fourth-order valence-electron chi connectivity index (χ4n) is 1.97. The number of thiophene rings is 1. The van der Waals surface area contributed by atoms with Crippen molar-refractivity contribution in [3.8, 4) is 0 Å². The summed E-state index contributed by atoms with van der Waals surface area (Å²) in [5, 5.41) is 11.3. The van der Waals surface area contributed by atoms with Crippen LogP contribution in [0.3, 0.4) is 0 Å². The van der Waals surface area contributed by atoms with E-state index in [0.717, 1.165) is 28.2 Å². The Hall–Kier alpha value is -1.24. The predicted octanol–water partition coefficient (Wildman–Crippen LogP) is 2.06. The third-order valence-corrected chi connectivity index (χ3v) is 5.71. The fourth-order valence-corrected chi connectivity index (χ4v) is 3.69. The molecule has 1 aromatic heterocycles. The molecule has 0 saturated carbocycles. The molecule has 0 radical (unpaired) electrons. The number of guanidine groups is 1. The average molecular weight is 498 g/mol. The van der Waals surface area contributed by atoms with Crippen molar-refractivity contribution < 1.29 is 12.8 Å². The Balaban J connectivity index is 0.00000312. The first-order valence-corrected chi connectivity index (χ1v) is 9.55. The van der Waals surface area contributed by atoms with Crippen LogP contribution in [-0.2, 0) is 23.0 Å². The molecule has 2 rings (SSSR count). The van der Waals surface area contributed by atoms with Crippen molar-refractivity contribution in [2.75, 3.05) is 13.6 Å². The van der Waals surface area contributed by atoms with Gasteiger partial charge in [0, 0.05) is 18.5 Å². The van der Waals surface area contributed by atoms with Crippen molar-refractivity contribution in [1.82, 2.24) is 10.6 Å². The number of nitrogens with zero attached hydrogens (tertiary/aromatic N) is 1. The lowest BCUT2D eigenvalue weighted by Crippen LogP contribution is -2.37. The van der Waals surface area contributed by atoms with Gasteiger partial charge in [0.05, 0.1) is 6.54 Å². The minimum Gasteiger partial charge on any atom is -0.356 e. The molecule has 4 N–H and O–H groups in total. The van der Waals surface area contributed by atoms with E-state index in [2.05, 4.69) is 15.6 Å². The SMILES string of the molecule is CN=C(NCCc1ccc(F)cc1)NCc1ccc(S(N)(=O)=O)s1.I. The van der Waals surface area contributed by atoms with Crippen LogP contribution in [0, 0.1) is 5.82 Å². The van der Waals surface area contributed by atoms with E-state index in [0.29, 0.717) is 19.0 Å². The van der Waals surface area contributed by atoms with Crippen LogP contribution in [0.1, 0.15) is 10.4 Å². The summed E-state index contributed by atoms with van der Waals surface area (Å²) in [6, 6.07) is 9.55. The number of hydrogen-bond donors (Lipinski definition) is 3. The molecule has 6 nitrogen and oxygen atoms in total. The number of hydrogen-bond acceptors (Lipinski definition) is 4. The molecule has 0 saturated heterocycles. The Kier molecular flexibility index (Phi) is 8.76. The molecule has 10 heteroatoms. The fraction of sp³-hybridized carbons (Fsp3) is 0.267. The molecular formula is C15H20FIN4O2S2. The van der Waals surface area contributed by atoms with Gasteiger partial charge in [-0.1, -0.05) is 12.1 Å². The van der Waals surface area contributed by atoms with Crippen molar-refractivity contribution in [3.63, 3.8) is 0 Å². The second kappa shape index (κ2) is 10.0. The van der Waals surface area contributed by atoms with E-state index in [-0.39, 0.29) is 34.0 Å². The number of sulfonamides is 1. The van der Waals surface area contributed by atoms with Gasteiger partial charge in [-0.3, -0.25) is 4.99 Å². The van der Waals surface area contributed by atoms with E-state index in [9.17, 15) is 12.8 Å². The lowest BCUT2D eigenvalue weighted by Gasteiger charge is -2.11. The van der Waals surface area contributed by atoms with Gasteiger partial charge in [0.25, 0.3) is 0 Å². The first-order chi connectivity index (χ1) is 11.4. The minimum absolute atomic E-state index is 0. The topological polar surface area (TPSA) is 96.6 Å². The van der Waals surface area contributed by atoms with E-state index >= 15 is 0 Å². The number of rotatable bonds is 6. The highest BCUT2D eigenvalue weighted by atomic mass is 127. The quantitative estimate of drug-likeness (QED) is 0.323. The Morgan fingerprint density at radius 2 is 1.88 bits per heavy atom. The summed E-state index contributed by atoms with van der Waals surface area (Å²) in [5.74, 6) is 0.349.